The summed E-state index contributed by atoms with van der Waals surface area (Å²) in [6.07, 6.45) is 7.60. The standard InChI is InChI=1S/C27H31N5O4/c1-17-8-11-23(26(33)29-17)32-14-18-13-19(9-10-21(18)27(32)34)35-24-6-3-2-5-22(24)31-15-20(16-31)36-25-7-4-12-28-30-25/h4,7,9-10,12-13,20,22-24H,1-3,5-6,8,11,14-16H2,(H,29,33)/t22-,23?,24-/m1/s1. The van der Waals surface area contributed by atoms with E-state index < -0.39 is 6.04 Å². The maximum atomic E-state index is 13.0. The lowest BCUT2D eigenvalue weighted by molar-refractivity contribution is -0.126. The Balaban J connectivity index is 1.09. The van der Waals surface area contributed by atoms with E-state index in [2.05, 4.69) is 27.0 Å². The van der Waals surface area contributed by atoms with Gasteiger partial charge in [0.2, 0.25) is 11.8 Å². The summed E-state index contributed by atoms with van der Waals surface area (Å²) in [5.41, 5.74) is 2.29. The molecule has 6 rings (SSSR count). The molecule has 36 heavy (non-hydrogen) atoms. The molecule has 188 valence electrons. The Morgan fingerprint density at radius 3 is 2.72 bits per heavy atom. The summed E-state index contributed by atoms with van der Waals surface area (Å²) in [6, 6.07) is 9.27. The highest BCUT2D eigenvalue weighted by molar-refractivity contribution is 6.01. The maximum Gasteiger partial charge on any atom is 0.255 e. The van der Waals surface area contributed by atoms with E-state index >= 15 is 0 Å². The SMILES string of the molecule is C=C1CCC(N2Cc3cc(O[C@@H]4CCCC[C@H]4N4CC(Oc5cccnn5)C4)ccc3C2=O)C(=O)N1. The van der Waals surface area contributed by atoms with Crippen LogP contribution in [-0.4, -0.2) is 69.2 Å². The van der Waals surface area contributed by atoms with E-state index in [4.69, 9.17) is 9.47 Å². The summed E-state index contributed by atoms with van der Waals surface area (Å²) in [6.45, 7) is 5.97. The van der Waals surface area contributed by atoms with Crippen LogP contribution in [0.5, 0.6) is 11.6 Å². The lowest BCUT2D eigenvalue weighted by Crippen LogP contribution is -2.62. The van der Waals surface area contributed by atoms with E-state index in [1.165, 1.54) is 6.42 Å². The first kappa shape index (κ1) is 23.0. The maximum absolute atomic E-state index is 13.0. The number of allylic oxidation sites excluding steroid dienone is 1. The number of ether oxygens (including phenoxy) is 2. The van der Waals surface area contributed by atoms with Crippen molar-refractivity contribution in [2.75, 3.05) is 13.1 Å². The van der Waals surface area contributed by atoms with E-state index in [0.717, 1.165) is 43.7 Å². The highest BCUT2D eigenvalue weighted by Crippen LogP contribution is 2.34. The largest absolute Gasteiger partial charge is 0.489 e. The summed E-state index contributed by atoms with van der Waals surface area (Å²) in [7, 11) is 0. The van der Waals surface area contributed by atoms with Crippen molar-refractivity contribution in [3.63, 3.8) is 0 Å². The van der Waals surface area contributed by atoms with Gasteiger partial charge >= 0.3 is 0 Å². The second-order valence-electron chi connectivity index (χ2n) is 10.2. The zero-order valence-electron chi connectivity index (χ0n) is 20.3. The number of nitrogens with zero attached hydrogens (tertiary/aromatic N) is 4. The van der Waals surface area contributed by atoms with Crippen LogP contribution < -0.4 is 14.8 Å². The summed E-state index contributed by atoms with van der Waals surface area (Å²) >= 11 is 0. The van der Waals surface area contributed by atoms with Crippen LogP contribution in [-0.2, 0) is 11.3 Å². The van der Waals surface area contributed by atoms with Crippen LogP contribution in [0.1, 0.15) is 54.4 Å². The van der Waals surface area contributed by atoms with Gasteiger partial charge in [0.05, 0.1) is 0 Å². The molecule has 1 N–H and O–H groups in total. The molecule has 3 aliphatic heterocycles. The van der Waals surface area contributed by atoms with Crippen molar-refractivity contribution in [2.24, 2.45) is 0 Å². The van der Waals surface area contributed by atoms with Crippen molar-refractivity contribution in [1.29, 1.82) is 0 Å². The molecule has 0 bridgehead atoms. The Morgan fingerprint density at radius 2 is 1.92 bits per heavy atom. The van der Waals surface area contributed by atoms with Gasteiger partial charge in [-0.1, -0.05) is 13.0 Å². The minimum Gasteiger partial charge on any atom is -0.489 e. The molecule has 9 heteroatoms. The number of aromatic nitrogens is 2. The highest BCUT2D eigenvalue weighted by atomic mass is 16.5. The topological polar surface area (TPSA) is 96.9 Å². The Bertz CT molecular complexity index is 1170. The van der Waals surface area contributed by atoms with Crippen LogP contribution >= 0.6 is 0 Å². The van der Waals surface area contributed by atoms with Crippen molar-refractivity contribution in [3.8, 4) is 11.6 Å². The first-order valence-corrected chi connectivity index (χ1v) is 12.8. The Kier molecular flexibility index (Phi) is 6.08. The minimum atomic E-state index is -0.453. The molecular formula is C27H31N5O4. The molecule has 1 saturated carbocycles. The van der Waals surface area contributed by atoms with Crippen LogP contribution in [0, 0.1) is 0 Å². The zero-order chi connectivity index (χ0) is 24.6. The number of rotatable bonds is 6. The number of likely N-dealkylation sites (tertiary alicyclic amines) is 1. The molecule has 1 unspecified atom stereocenters. The van der Waals surface area contributed by atoms with Gasteiger partial charge in [-0.2, -0.15) is 5.10 Å². The fourth-order valence-electron chi connectivity index (χ4n) is 5.85. The van der Waals surface area contributed by atoms with Gasteiger partial charge in [-0.15, -0.1) is 5.10 Å². The average Bonchev–Trinajstić information content (AvgIpc) is 3.18. The third kappa shape index (κ3) is 4.43. The number of carbonyl (C=O) groups excluding carboxylic acids is 2. The van der Waals surface area contributed by atoms with E-state index in [-0.39, 0.29) is 24.0 Å². The summed E-state index contributed by atoms with van der Waals surface area (Å²) in [5.74, 6) is 1.12. The van der Waals surface area contributed by atoms with E-state index in [1.54, 1.807) is 11.1 Å². The normalized spacial score (nSPS) is 26.8. The summed E-state index contributed by atoms with van der Waals surface area (Å²) in [4.78, 5) is 29.6. The van der Waals surface area contributed by atoms with Crippen molar-refractivity contribution in [2.45, 2.75) is 69.4 Å². The van der Waals surface area contributed by atoms with Crippen LogP contribution in [0.25, 0.3) is 0 Å². The molecule has 1 aliphatic carbocycles. The second-order valence-corrected chi connectivity index (χ2v) is 10.2. The summed E-state index contributed by atoms with van der Waals surface area (Å²) in [5, 5.41) is 10.7. The van der Waals surface area contributed by atoms with Gasteiger partial charge < -0.3 is 19.7 Å². The Morgan fingerprint density at radius 1 is 1.06 bits per heavy atom. The van der Waals surface area contributed by atoms with Gasteiger partial charge in [0.1, 0.15) is 24.0 Å². The molecule has 4 heterocycles. The van der Waals surface area contributed by atoms with Crippen LogP contribution in [0.4, 0.5) is 0 Å². The lowest BCUT2D eigenvalue weighted by atomic mass is 9.89. The molecule has 0 spiro atoms. The fourth-order valence-corrected chi connectivity index (χ4v) is 5.85. The van der Waals surface area contributed by atoms with Crippen LogP contribution in [0.2, 0.25) is 0 Å². The molecule has 9 nitrogen and oxygen atoms in total. The number of nitrogens with one attached hydrogen (secondary N) is 1. The summed E-state index contributed by atoms with van der Waals surface area (Å²) < 4.78 is 12.5. The number of fused-ring (bicyclic) bond motifs is 1. The number of benzene rings is 1. The first-order chi connectivity index (χ1) is 17.5. The van der Waals surface area contributed by atoms with Crippen molar-refractivity contribution in [3.05, 3.63) is 59.9 Å². The molecule has 0 radical (unpaired) electrons. The number of hydrogen-bond acceptors (Lipinski definition) is 7. The highest BCUT2D eigenvalue weighted by Gasteiger charge is 2.41. The third-order valence-corrected chi connectivity index (χ3v) is 7.74. The molecule has 3 fully saturated rings. The van der Waals surface area contributed by atoms with Crippen LogP contribution in [0.15, 0.2) is 48.8 Å². The van der Waals surface area contributed by atoms with Crippen molar-refractivity contribution in [1.82, 2.24) is 25.3 Å². The monoisotopic (exact) mass is 489 g/mol. The molecular weight excluding hydrogens is 458 g/mol. The van der Waals surface area contributed by atoms with Crippen molar-refractivity contribution < 1.29 is 19.1 Å². The van der Waals surface area contributed by atoms with Crippen molar-refractivity contribution >= 4 is 11.8 Å². The molecule has 3 atom stereocenters. The molecule has 4 aliphatic rings. The predicted octanol–water partition coefficient (Wildman–Crippen LogP) is 2.68. The molecule has 1 aromatic carbocycles. The third-order valence-electron chi connectivity index (χ3n) is 7.74. The van der Waals surface area contributed by atoms with E-state index in [0.29, 0.717) is 42.6 Å². The van der Waals surface area contributed by atoms with Gasteiger partial charge in [-0.25, -0.2) is 0 Å². The quantitative estimate of drug-likeness (QED) is 0.666. The number of hydrogen-bond donors (Lipinski definition) is 1. The smallest absolute Gasteiger partial charge is 0.255 e. The predicted molar refractivity (Wildman–Crippen MR) is 131 cm³/mol. The van der Waals surface area contributed by atoms with Gasteiger partial charge in [-0.3, -0.25) is 14.5 Å². The van der Waals surface area contributed by atoms with E-state index in [1.807, 2.05) is 30.3 Å². The van der Waals surface area contributed by atoms with Gasteiger partial charge in [0, 0.05) is 49.2 Å². The Hall–Kier alpha value is -3.46. The lowest BCUT2D eigenvalue weighted by Gasteiger charge is -2.47. The fraction of sp³-hybridized carbons (Fsp3) is 0.481. The van der Waals surface area contributed by atoms with Gasteiger partial charge in [0.15, 0.2) is 0 Å². The van der Waals surface area contributed by atoms with Gasteiger partial charge in [-0.05, 0) is 61.9 Å². The Labute approximate surface area is 210 Å². The van der Waals surface area contributed by atoms with E-state index in [9.17, 15) is 9.59 Å². The molecule has 1 aromatic heterocycles. The average molecular weight is 490 g/mol. The number of piperidine rings is 1. The first-order valence-electron chi connectivity index (χ1n) is 12.8. The molecule has 2 saturated heterocycles. The number of amides is 2. The zero-order valence-corrected chi connectivity index (χ0v) is 20.3. The molecule has 2 amide bonds. The second kappa shape index (κ2) is 9.54. The van der Waals surface area contributed by atoms with Gasteiger partial charge in [0.25, 0.3) is 5.91 Å². The minimum absolute atomic E-state index is 0.0884. The molecule has 2 aromatic rings. The number of carbonyl (C=O) groups is 2. The van der Waals surface area contributed by atoms with Crippen LogP contribution in [0.3, 0.4) is 0 Å².